The van der Waals surface area contributed by atoms with Gasteiger partial charge in [0.2, 0.25) is 0 Å². The fraction of sp³-hybridized carbons (Fsp3) is 0.444. The molecule has 1 fully saturated rings. The standard InChI is InChI=1S/C18H23N3O/c1-14-13-15(9-10-19-14)7-8-16-5-3-12-21(16)18(22)17-6-4-11-20(17)2/h4,6,9-11,13,16H,3,5,7-8,12H2,1-2H3. The molecule has 0 aliphatic carbocycles. The Morgan fingerprint density at radius 2 is 2.27 bits per heavy atom. The molecule has 4 heteroatoms. The van der Waals surface area contributed by atoms with E-state index in [0.717, 1.165) is 43.6 Å². The van der Waals surface area contributed by atoms with Gasteiger partial charge in [0.15, 0.2) is 0 Å². The van der Waals surface area contributed by atoms with E-state index in [1.165, 1.54) is 5.56 Å². The normalized spacial score (nSPS) is 17.9. The number of nitrogens with zero attached hydrogens (tertiary/aromatic N) is 3. The van der Waals surface area contributed by atoms with Crippen molar-refractivity contribution in [2.75, 3.05) is 6.54 Å². The Labute approximate surface area is 131 Å². The van der Waals surface area contributed by atoms with Crippen LogP contribution in [0.25, 0.3) is 0 Å². The quantitative estimate of drug-likeness (QED) is 0.870. The summed E-state index contributed by atoms with van der Waals surface area (Å²) in [7, 11) is 1.93. The molecule has 22 heavy (non-hydrogen) atoms. The SMILES string of the molecule is Cc1cc(CCC2CCCN2C(=O)c2cccn2C)ccn1. The second-order valence-electron chi connectivity index (χ2n) is 6.14. The highest BCUT2D eigenvalue weighted by atomic mass is 16.2. The average Bonchev–Trinajstić information content (AvgIpc) is 3.13. The molecule has 3 rings (SSSR count). The van der Waals surface area contributed by atoms with E-state index in [9.17, 15) is 4.79 Å². The number of amides is 1. The molecule has 1 amide bonds. The van der Waals surface area contributed by atoms with E-state index < -0.39 is 0 Å². The third-order valence-corrected chi connectivity index (χ3v) is 4.53. The lowest BCUT2D eigenvalue weighted by atomic mass is 10.0. The molecule has 2 aromatic heterocycles. The summed E-state index contributed by atoms with van der Waals surface area (Å²) in [6.45, 7) is 2.90. The Morgan fingerprint density at radius 1 is 1.41 bits per heavy atom. The maximum atomic E-state index is 12.7. The number of likely N-dealkylation sites (tertiary alicyclic amines) is 1. The minimum Gasteiger partial charge on any atom is -0.347 e. The second-order valence-corrected chi connectivity index (χ2v) is 6.14. The van der Waals surface area contributed by atoms with Crippen molar-refractivity contribution in [2.45, 2.75) is 38.6 Å². The molecule has 1 unspecified atom stereocenters. The van der Waals surface area contributed by atoms with Gasteiger partial charge in [0, 0.05) is 37.7 Å². The van der Waals surface area contributed by atoms with Crippen molar-refractivity contribution in [3.8, 4) is 0 Å². The lowest BCUT2D eigenvalue weighted by Crippen LogP contribution is -2.36. The first-order valence-corrected chi connectivity index (χ1v) is 7.99. The van der Waals surface area contributed by atoms with Crippen molar-refractivity contribution < 1.29 is 4.79 Å². The van der Waals surface area contributed by atoms with Crippen LogP contribution in [-0.2, 0) is 13.5 Å². The van der Waals surface area contributed by atoms with E-state index in [0.29, 0.717) is 6.04 Å². The van der Waals surface area contributed by atoms with Gasteiger partial charge in [0.1, 0.15) is 5.69 Å². The Balaban J connectivity index is 1.66. The molecule has 2 aromatic rings. The highest BCUT2D eigenvalue weighted by Crippen LogP contribution is 2.24. The summed E-state index contributed by atoms with van der Waals surface area (Å²) in [5.41, 5.74) is 3.15. The molecule has 4 nitrogen and oxygen atoms in total. The molecule has 0 bridgehead atoms. The van der Waals surface area contributed by atoms with E-state index in [1.54, 1.807) is 0 Å². The minimum absolute atomic E-state index is 0.168. The number of aromatic nitrogens is 2. The van der Waals surface area contributed by atoms with Crippen molar-refractivity contribution in [3.05, 3.63) is 53.6 Å². The van der Waals surface area contributed by atoms with E-state index in [2.05, 4.69) is 22.0 Å². The van der Waals surface area contributed by atoms with Crippen LogP contribution >= 0.6 is 0 Å². The van der Waals surface area contributed by atoms with Gasteiger partial charge in [-0.2, -0.15) is 0 Å². The number of hydrogen-bond acceptors (Lipinski definition) is 2. The Morgan fingerprint density at radius 3 is 3.00 bits per heavy atom. The molecule has 1 aliphatic heterocycles. The smallest absolute Gasteiger partial charge is 0.270 e. The van der Waals surface area contributed by atoms with Crippen LogP contribution in [0, 0.1) is 6.92 Å². The Hall–Kier alpha value is -2.10. The maximum absolute atomic E-state index is 12.7. The fourth-order valence-corrected chi connectivity index (χ4v) is 3.33. The monoisotopic (exact) mass is 297 g/mol. The molecule has 0 N–H and O–H groups in total. The third kappa shape index (κ3) is 3.06. The molecular formula is C18H23N3O. The molecule has 0 spiro atoms. The molecule has 1 aliphatic rings. The van der Waals surface area contributed by atoms with Crippen LogP contribution in [-0.4, -0.2) is 32.9 Å². The topological polar surface area (TPSA) is 38.1 Å². The number of carbonyl (C=O) groups excluding carboxylic acids is 1. The van der Waals surface area contributed by atoms with E-state index in [1.807, 2.05) is 43.1 Å². The van der Waals surface area contributed by atoms with Crippen molar-refractivity contribution in [1.29, 1.82) is 0 Å². The first-order valence-electron chi connectivity index (χ1n) is 7.99. The summed E-state index contributed by atoms with van der Waals surface area (Å²) in [6, 6.07) is 8.40. The van der Waals surface area contributed by atoms with Gasteiger partial charge in [0.25, 0.3) is 5.91 Å². The summed E-state index contributed by atoms with van der Waals surface area (Å²) in [5, 5.41) is 0. The number of rotatable bonds is 4. The highest BCUT2D eigenvalue weighted by molar-refractivity contribution is 5.93. The van der Waals surface area contributed by atoms with Crippen LogP contribution in [0.3, 0.4) is 0 Å². The van der Waals surface area contributed by atoms with Gasteiger partial charge in [-0.25, -0.2) is 0 Å². The van der Waals surface area contributed by atoms with Crippen molar-refractivity contribution in [3.63, 3.8) is 0 Å². The predicted octanol–water partition coefficient (Wildman–Crippen LogP) is 2.97. The lowest BCUT2D eigenvalue weighted by molar-refractivity contribution is 0.0721. The number of aryl methyl sites for hydroxylation is 3. The van der Waals surface area contributed by atoms with Crippen LogP contribution in [0.5, 0.6) is 0 Å². The number of pyridine rings is 1. The van der Waals surface area contributed by atoms with Crippen LogP contribution in [0.15, 0.2) is 36.7 Å². The molecule has 0 radical (unpaired) electrons. The van der Waals surface area contributed by atoms with E-state index in [-0.39, 0.29) is 5.91 Å². The zero-order valence-electron chi connectivity index (χ0n) is 13.3. The zero-order valence-corrected chi connectivity index (χ0v) is 13.3. The Bertz CT molecular complexity index is 662. The van der Waals surface area contributed by atoms with Gasteiger partial charge in [-0.05, 0) is 62.4 Å². The Kier molecular flexibility index (Phi) is 4.27. The maximum Gasteiger partial charge on any atom is 0.270 e. The summed E-state index contributed by atoms with van der Waals surface area (Å²) in [4.78, 5) is 19.0. The van der Waals surface area contributed by atoms with Crippen LogP contribution in [0.2, 0.25) is 0 Å². The van der Waals surface area contributed by atoms with E-state index in [4.69, 9.17) is 0 Å². The molecule has 116 valence electrons. The average molecular weight is 297 g/mol. The zero-order chi connectivity index (χ0) is 15.5. The largest absolute Gasteiger partial charge is 0.347 e. The van der Waals surface area contributed by atoms with Gasteiger partial charge in [-0.3, -0.25) is 9.78 Å². The lowest BCUT2D eigenvalue weighted by Gasteiger charge is -2.25. The second kappa shape index (κ2) is 6.34. The molecule has 3 heterocycles. The first-order chi connectivity index (χ1) is 10.6. The van der Waals surface area contributed by atoms with Crippen molar-refractivity contribution in [1.82, 2.24) is 14.5 Å². The summed E-state index contributed by atoms with van der Waals surface area (Å²) < 4.78 is 1.91. The summed E-state index contributed by atoms with van der Waals surface area (Å²) >= 11 is 0. The van der Waals surface area contributed by atoms with Gasteiger partial charge in [0.05, 0.1) is 0 Å². The van der Waals surface area contributed by atoms with Gasteiger partial charge < -0.3 is 9.47 Å². The minimum atomic E-state index is 0.168. The van der Waals surface area contributed by atoms with Crippen LogP contribution in [0.4, 0.5) is 0 Å². The van der Waals surface area contributed by atoms with Crippen LogP contribution in [0.1, 0.15) is 41.0 Å². The molecular weight excluding hydrogens is 274 g/mol. The highest BCUT2D eigenvalue weighted by Gasteiger charge is 2.29. The fourth-order valence-electron chi connectivity index (χ4n) is 3.33. The molecule has 0 aromatic carbocycles. The van der Waals surface area contributed by atoms with Gasteiger partial charge in [-0.15, -0.1) is 0 Å². The van der Waals surface area contributed by atoms with Gasteiger partial charge >= 0.3 is 0 Å². The van der Waals surface area contributed by atoms with Crippen LogP contribution < -0.4 is 0 Å². The first kappa shape index (κ1) is 14.8. The number of carbonyl (C=O) groups is 1. The predicted molar refractivity (Wildman–Crippen MR) is 86.8 cm³/mol. The third-order valence-electron chi connectivity index (χ3n) is 4.53. The summed E-state index contributed by atoms with van der Waals surface area (Å²) in [5.74, 6) is 0.168. The van der Waals surface area contributed by atoms with Crippen molar-refractivity contribution in [2.24, 2.45) is 7.05 Å². The molecule has 1 saturated heterocycles. The number of hydrogen-bond donors (Lipinski definition) is 0. The van der Waals surface area contributed by atoms with E-state index >= 15 is 0 Å². The van der Waals surface area contributed by atoms with Crippen molar-refractivity contribution >= 4 is 5.91 Å². The summed E-state index contributed by atoms with van der Waals surface area (Å²) in [6.07, 6.45) is 8.05. The van der Waals surface area contributed by atoms with Gasteiger partial charge in [-0.1, -0.05) is 0 Å². The molecule has 0 saturated carbocycles. The molecule has 1 atom stereocenters.